The van der Waals surface area contributed by atoms with E-state index in [1.54, 1.807) is 0 Å². The summed E-state index contributed by atoms with van der Waals surface area (Å²) in [4.78, 5) is 19.1. The van der Waals surface area contributed by atoms with Gasteiger partial charge in [0.05, 0.1) is 12.0 Å². The molecule has 2 aromatic rings. The van der Waals surface area contributed by atoms with E-state index in [9.17, 15) is 9.90 Å². The zero-order valence-corrected chi connectivity index (χ0v) is 14.4. The molecule has 1 aliphatic carbocycles. The van der Waals surface area contributed by atoms with Gasteiger partial charge in [0.25, 0.3) is 0 Å². The van der Waals surface area contributed by atoms with Crippen LogP contribution in [0.25, 0.3) is 11.1 Å². The lowest BCUT2D eigenvalue weighted by Crippen LogP contribution is -2.49. The van der Waals surface area contributed by atoms with E-state index in [0.717, 1.165) is 62.1 Å². The maximum Gasteiger partial charge on any atom is 0.317 e. The molecule has 0 unspecified atom stereocenters. The molecule has 25 heavy (non-hydrogen) atoms. The number of aliphatic hydroxyl groups excluding tert-OH is 1. The lowest BCUT2D eigenvalue weighted by Gasteiger charge is -2.34. The lowest BCUT2D eigenvalue weighted by atomic mass is 9.93. The van der Waals surface area contributed by atoms with Gasteiger partial charge in [-0.1, -0.05) is 12.1 Å². The minimum absolute atomic E-state index is 0.00204. The molecule has 0 spiro atoms. The summed E-state index contributed by atoms with van der Waals surface area (Å²) < 4.78 is 5.90. The number of nitrogens with one attached hydrogen (secondary N) is 1. The highest BCUT2D eigenvalue weighted by Crippen LogP contribution is 2.29. The number of carbonyl (C=O) groups is 1. The van der Waals surface area contributed by atoms with E-state index in [1.165, 1.54) is 0 Å². The first-order valence-corrected chi connectivity index (χ1v) is 9.28. The summed E-state index contributed by atoms with van der Waals surface area (Å²) in [5.74, 6) is 0.888. The van der Waals surface area contributed by atoms with Crippen molar-refractivity contribution in [1.82, 2.24) is 15.2 Å². The number of para-hydroxylation sites is 2. The second-order valence-electron chi connectivity index (χ2n) is 7.26. The highest BCUT2D eigenvalue weighted by atomic mass is 16.3. The van der Waals surface area contributed by atoms with Gasteiger partial charge >= 0.3 is 6.03 Å². The van der Waals surface area contributed by atoms with Gasteiger partial charge in [0.15, 0.2) is 11.5 Å². The molecule has 1 aromatic carbocycles. The van der Waals surface area contributed by atoms with Gasteiger partial charge in [0, 0.05) is 19.1 Å². The third-order valence-electron chi connectivity index (χ3n) is 5.39. The molecular weight excluding hydrogens is 318 g/mol. The third-order valence-corrected chi connectivity index (χ3v) is 5.39. The molecule has 0 radical (unpaired) electrons. The van der Waals surface area contributed by atoms with E-state index in [1.807, 2.05) is 29.2 Å². The van der Waals surface area contributed by atoms with Crippen molar-refractivity contribution in [3.8, 4) is 0 Å². The van der Waals surface area contributed by atoms with Crippen LogP contribution >= 0.6 is 0 Å². The Kier molecular flexibility index (Phi) is 4.61. The van der Waals surface area contributed by atoms with Crippen molar-refractivity contribution < 1.29 is 14.3 Å². The number of hydrogen-bond acceptors (Lipinski definition) is 4. The molecule has 2 fully saturated rings. The number of aromatic nitrogens is 1. The van der Waals surface area contributed by atoms with E-state index in [0.29, 0.717) is 6.54 Å². The van der Waals surface area contributed by atoms with Gasteiger partial charge in [-0.3, -0.25) is 0 Å². The van der Waals surface area contributed by atoms with Crippen molar-refractivity contribution in [3.05, 3.63) is 30.2 Å². The smallest absolute Gasteiger partial charge is 0.317 e. The van der Waals surface area contributed by atoms with Crippen LogP contribution in [0.2, 0.25) is 0 Å². The first-order valence-electron chi connectivity index (χ1n) is 9.28. The number of oxazole rings is 1. The summed E-state index contributed by atoms with van der Waals surface area (Å²) >= 11 is 0. The lowest BCUT2D eigenvalue weighted by molar-refractivity contribution is 0.113. The van der Waals surface area contributed by atoms with Crippen molar-refractivity contribution in [1.29, 1.82) is 0 Å². The van der Waals surface area contributed by atoms with E-state index in [4.69, 9.17) is 4.42 Å². The number of piperidine rings is 1. The van der Waals surface area contributed by atoms with Crippen molar-refractivity contribution >= 4 is 17.1 Å². The number of amides is 2. The largest absolute Gasteiger partial charge is 0.440 e. The Balaban J connectivity index is 1.39. The summed E-state index contributed by atoms with van der Waals surface area (Å²) in [6.45, 7) is 1.42. The number of carbonyl (C=O) groups excluding carboxylic acids is 1. The maximum absolute atomic E-state index is 12.6. The molecule has 2 aliphatic rings. The number of rotatable bonds is 2. The number of nitrogens with zero attached hydrogens (tertiary/aromatic N) is 2. The molecule has 1 aromatic heterocycles. The molecule has 1 saturated heterocycles. The Morgan fingerprint density at radius 1 is 1.20 bits per heavy atom. The summed E-state index contributed by atoms with van der Waals surface area (Å²) in [6, 6.07) is 7.96. The average molecular weight is 343 g/mol. The molecule has 6 heteroatoms. The van der Waals surface area contributed by atoms with Crippen molar-refractivity contribution in [3.63, 3.8) is 0 Å². The predicted molar refractivity (Wildman–Crippen MR) is 94.4 cm³/mol. The summed E-state index contributed by atoms with van der Waals surface area (Å²) in [5, 5.41) is 12.7. The molecule has 1 saturated carbocycles. The number of fused-ring (bicyclic) bond motifs is 1. The third kappa shape index (κ3) is 3.63. The van der Waals surface area contributed by atoms with Crippen LogP contribution in [0.3, 0.4) is 0 Å². The molecule has 4 rings (SSSR count). The summed E-state index contributed by atoms with van der Waals surface area (Å²) in [5.41, 5.74) is 1.68. The SMILES string of the molecule is O=C(NC1CCC(O)CC1)N1CCC[C@@H](c2nc3ccccc3o2)C1. The maximum atomic E-state index is 12.6. The first kappa shape index (κ1) is 16.4. The van der Waals surface area contributed by atoms with Gasteiger partial charge in [0.1, 0.15) is 5.52 Å². The van der Waals surface area contributed by atoms with Crippen LogP contribution in [0, 0.1) is 0 Å². The van der Waals surface area contributed by atoms with Gasteiger partial charge in [-0.25, -0.2) is 9.78 Å². The van der Waals surface area contributed by atoms with Crippen LogP contribution in [-0.4, -0.2) is 46.3 Å². The van der Waals surface area contributed by atoms with Crippen LogP contribution < -0.4 is 5.32 Å². The molecule has 0 bridgehead atoms. The number of hydrogen-bond donors (Lipinski definition) is 2. The molecule has 2 amide bonds. The number of aliphatic hydroxyl groups is 1. The van der Waals surface area contributed by atoms with Crippen LogP contribution in [0.1, 0.15) is 50.3 Å². The second kappa shape index (κ2) is 7.04. The summed E-state index contributed by atoms with van der Waals surface area (Å²) in [7, 11) is 0. The number of benzene rings is 1. The average Bonchev–Trinajstić information content (AvgIpc) is 3.08. The van der Waals surface area contributed by atoms with Crippen LogP contribution in [0.15, 0.2) is 28.7 Å². The first-order chi connectivity index (χ1) is 12.2. The zero-order valence-electron chi connectivity index (χ0n) is 14.4. The summed E-state index contributed by atoms with van der Waals surface area (Å²) in [6.07, 6.45) is 5.01. The molecule has 6 nitrogen and oxygen atoms in total. The minimum atomic E-state index is -0.202. The fourth-order valence-corrected chi connectivity index (χ4v) is 3.91. The molecular formula is C19H25N3O3. The zero-order chi connectivity index (χ0) is 17.2. The molecule has 2 heterocycles. The highest BCUT2D eigenvalue weighted by Gasteiger charge is 2.29. The van der Waals surface area contributed by atoms with Crippen molar-refractivity contribution in [2.45, 2.75) is 56.6 Å². The molecule has 134 valence electrons. The van der Waals surface area contributed by atoms with Crippen molar-refractivity contribution in [2.75, 3.05) is 13.1 Å². The molecule has 1 aliphatic heterocycles. The number of urea groups is 1. The van der Waals surface area contributed by atoms with Gasteiger partial charge in [-0.05, 0) is 50.7 Å². The van der Waals surface area contributed by atoms with Gasteiger partial charge in [0.2, 0.25) is 0 Å². The predicted octanol–water partition coefficient (Wildman–Crippen LogP) is 3.02. The fourth-order valence-electron chi connectivity index (χ4n) is 3.91. The fraction of sp³-hybridized carbons (Fsp3) is 0.579. The minimum Gasteiger partial charge on any atom is -0.440 e. The molecule has 1 atom stereocenters. The van der Waals surface area contributed by atoms with Crippen molar-refractivity contribution in [2.24, 2.45) is 0 Å². The normalized spacial score (nSPS) is 27.4. The highest BCUT2D eigenvalue weighted by molar-refractivity contribution is 5.75. The Morgan fingerprint density at radius 2 is 2.00 bits per heavy atom. The van der Waals surface area contributed by atoms with Gasteiger partial charge in [-0.15, -0.1) is 0 Å². The molecule has 2 N–H and O–H groups in total. The topological polar surface area (TPSA) is 78.6 Å². The van der Waals surface area contributed by atoms with Crippen LogP contribution in [0.4, 0.5) is 4.79 Å². The van der Waals surface area contributed by atoms with Gasteiger partial charge < -0.3 is 19.7 Å². The van der Waals surface area contributed by atoms with Crippen LogP contribution in [0.5, 0.6) is 0 Å². The monoisotopic (exact) mass is 343 g/mol. The van der Waals surface area contributed by atoms with E-state index in [-0.39, 0.29) is 24.1 Å². The Bertz CT molecular complexity index is 703. The Hall–Kier alpha value is -2.08. The second-order valence-corrected chi connectivity index (χ2v) is 7.26. The Labute approximate surface area is 147 Å². The van der Waals surface area contributed by atoms with Crippen LogP contribution in [-0.2, 0) is 0 Å². The standard InChI is InChI=1S/C19H25N3O3/c23-15-9-7-14(8-10-15)20-19(24)22-11-3-4-13(12-22)18-21-16-5-1-2-6-17(16)25-18/h1-2,5-6,13-15,23H,3-4,7-12H2,(H,20,24)/t13-,14?,15?/m1/s1. The number of likely N-dealkylation sites (tertiary alicyclic amines) is 1. The quantitative estimate of drug-likeness (QED) is 0.878. The van der Waals surface area contributed by atoms with Gasteiger partial charge in [-0.2, -0.15) is 0 Å². The van der Waals surface area contributed by atoms with E-state index < -0.39 is 0 Å². The van der Waals surface area contributed by atoms with E-state index >= 15 is 0 Å². The Morgan fingerprint density at radius 3 is 2.80 bits per heavy atom. The van der Waals surface area contributed by atoms with E-state index in [2.05, 4.69) is 10.3 Å².